The van der Waals surface area contributed by atoms with E-state index in [1.165, 1.54) is 42.1 Å². The van der Waals surface area contributed by atoms with Gasteiger partial charge in [-0.1, -0.05) is 12.1 Å². The first-order chi connectivity index (χ1) is 12.9. The van der Waals surface area contributed by atoms with Gasteiger partial charge in [-0.3, -0.25) is 14.2 Å². The summed E-state index contributed by atoms with van der Waals surface area (Å²) < 4.78 is 15.7. The van der Waals surface area contributed by atoms with E-state index < -0.39 is 11.2 Å². The maximum atomic E-state index is 13.4. The Hall–Kier alpha value is -2.96. The largest absolute Gasteiger partial charge is 0.336 e. The van der Waals surface area contributed by atoms with Crippen LogP contribution in [0.3, 0.4) is 0 Å². The summed E-state index contributed by atoms with van der Waals surface area (Å²) in [5.41, 5.74) is 0.266. The average molecular weight is 371 g/mol. The maximum Gasteiger partial charge on any atom is 0.330 e. The van der Waals surface area contributed by atoms with Crippen molar-refractivity contribution in [3.63, 3.8) is 0 Å². The van der Waals surface area contributed by atoms with Gasteiger partial charge in [0.15, 0.2) is 0 Å². The van der Waals surface area contributed by atoms with E-state index in [2.05, 4.69) is 0 Å². The molecule has 0 bridgehead atoms. The van der Waals surface area contributed by atoms with Crippen LogP contribution in [0.2, 0.25) is 0 Å². The Morgan fingerprint density at radius 1 is 1.30 bits per heavy atom. The van der Waals surface area contributed by atoms with Gasteiger partial charge in [-0.15, -0.1) is 0 Å². The first kappa shape index (κ1) is 18.8. The molecule has 0 spiro atoms. The third kappa shape index (κ3) is 4.07. The number of halogens is 1. The molecule has 0 saturated carbocycles. The molecule has 27 heavy (non-hydrogen) atoms. The number of amides is 1. The number of aryl methyl sites for hydroxylation is 1. The van der Waals surface area contributed by atoms with Crippen molar-refractivity contribution in [2.75, 3.05) is 6.54 Å². The van der Waals surface area contributed by atoms with Crippen LogP contribution in [0, 0.1) is 5.82 Å². The Morgan fingerprint density at radius 3 is 2.81 bits per heavy atom. The maximum absolute atomic E-state index is 13.4. The fraction of sp³-hybridized carbons (Fsp3) is 0.350. The number of carbonyl (C=O) groups is 1. The van der Waals surface area contributed by atoms with E-state index in [9.17, 15) is 18.8 Å². The van der Waals surface area contributed by atoms with Gasteiger partial charge in [0.25, 0.3) is 5.56 Å². The van der Waals surface area contributed by atoms with Crippen LogP contribution in [0.1, 0.15) is 24.0 Å². The number of nitrogens with zero attached hydrogens (tertiary/aromatic N) is 3. The van der Waals surface area contributed by atoms with Crippen molar-refractivity contribution < 1.29 is 9.18 Å². The number of hydrogen-bond acceptors (Lipinski definition) is 3. The zero-order valence-corrected chi connectivity index (χ0v) is 15.4. The summed E-state index contributed by atoms with van der Waals surface area (Å²) in [6.45, 7) is 0.633. The quantitative estimate of drug-likeness (QED) is 0.765. The van der Waals surface area contributed by atoms with Crippen LogP contribution in [0.4, 0.5) is 4.39 Å². The molecule has 2 heterocycles. The number of likely N-dealkylation sites (tertiary alicyclic amines) is 1. The molecule has 142 valence electrons. The molecular formula is C20H22FN3O3. The van der Waals surface area contributed by atoms with Crippen LogP contribution in [0.15, 0.2) is 46.1 Å². The lowest BCUT2D eigenvalue weighted by atomic mass is 10.0. The Morgan fingerprint density at radius 2 is 2.07 bits per heavy atom. The van der Waals surface area contributed by atoms with Gasteiger partial charge in [0, 0.05) is 39.0 Å². The predicted molar refractivity (Wildman–Crippen MR) is 101 cm³/mol. The molecule has 0 N–H and O–H groups in total. The lowest BCUT2D eigenvalue weighted by Gasteiger charge is -2.23. The molecule has 0 aliphatic carbocycles. The number of aromatic nitrogens is 2. The summed E-state index contributed by atoms with van der Waals surface area (Å²) in [6, 6.07) is 6.42. The Balaban J connectivity index is 1.76. The molecule has 0 radical (unpaired) electrons. The predicted octanol–water partition coefficient (Wildman–Crippen LogP) is 1.47. The smallest absolute Gasteiger partial charge is 0.330 e. The number of carbonyl (C=O) groups excluding carboxylic acids is 1. The first-order valence-electron chi connectivity index (χ1n) is 8.86. The Labute approximate surface area is 156 Å². The van der Waals surface area contributed by atoms with Gasteiger partial charge in [-0.2, -0.15) is 0 Å². The molecule has 1 aliphatic rings. The SMILES string of the molecule is Cn1cc(/C=C/C(=O)N2CCCC2Cc2cccc(F)c2)c(=O)n(C)c1=O. The van der Waals surface area contributed by atoms with Crippen LogP contribution < -0.4 is 11.2 Å². The van der Waals surface area contributed by atoms with Crippen LogP contribution >= 0.6 is 0 Å². The second-order valence-electron chi connectivity index (χ2n) is 6.84. The molecule has 1 amide bonds. The standard InChI is InChI=1S/C20H22FN3O3/c1-22-13-15(19(26)23(2)20(22)27)8-9-18(25)24-10-4-7-17(24)12-14-5-3-6-16(21)11-14/h3,5-6,8-9,11,13,17H,4,7,10,12H2,1-2H3/b9-8+. The highest BCUT2D eigenvalue weighted by Gasteiger charge is 2.27. The highest BCUT2D eigenvalue weighted by atomic mass is 19.1. The van der Waals surface area contributed by atoms with Crippen molar-refractivity contribution in [1.82, 2.24) is 14.0 Å². The summed E-state index contributed by atoms with van der Waals surface area (Å²) >= 11 is 0. The van der Waals surface area contributed by atoms with Crippen molar-refractivity contribution in [2.24, 2.45) is 14.1 Å². The molecule has 6 nitrogen and oxygen atoms in total. The minimum Gasteiger partial charge on any atom is -0.336 e. The molecule has 1 aromatic heterocycles. The molecule has 1 saturated heterocycles. The Bertz CT molecular complexity index is 1010. The molecule has 1 fully saturated rings. The highest BCUT2D eigenvalue weighted by molar-refractivity contribution is 5.92. The molecule has 3 rings (SSSR count). The summed E-state index contributed by atoms with van der Waals surface area (Å²) in [5, 5.41) is 0. The van der Waals surface area contributed by atoms with Gasteiger partial charge in [0.1, 0.15) is 5.82 Å². The lowest BCUT2D eigenvalue weighted by Crippen LogP contribution is -2.38. The van der Waals surface area contributed by atoms with E-state index in [4.69, 9.17) is 0 Å². The summed E-state index contributed by atoms with van der Waals surface area (Å²) in [6.07, 6.45) is 6.58. The summed E-state index contributed by atoms with van der Waals surface area (Å²) in [5.74, 6) is -0.474. The number of benzene rings is 1. The molecule has 1 aromatic carbocycles. The van der Waals surface area contributed by atoms with Crippen LogP contribution in [0.25, 0.3) is 6.08 Å². The van der Waals surface area contributed by atoms with Crippen molar-refractivity contribution in [1.29, 1.82) is 0 Å². The zero-order valence-electron chi connectivity index (χ0n) is 15.4. The van der Waals surface area contributed by atoms with E-state index in [1.54, 1.807) is 18.0 Å². The first-order valence-corrected chi connectivity index (χ1v) is 8.86. The highest BCUT2D eigenvalue weighted by Crippen LogP contribution is 2.22. The third-order valence-corrected chi connectivity index (χ3v) is 4.90. The van der Waals surface area contributed by atoms with Crippen LogP contribution in [-0.2, 0) is 25.3 Å². The monoisotopic (exact) mass is 371 g/mol. The van der Waals surface area contributed by atoms with Crippen molar-refractivity contribution >= 4 is 12.0 Å². The second kappa shape index (κ2) is 7.73. The zero-order chi connectivity index (χ0) is 19.6. The minimum atomic E-state index is -0.445. The normalized spacial score (nSPS) is 17.0. The average Bonchev–Trinajstić information content (AvgIpc) is 3.10. The topological polar surface area (TPSA) is 64.3 Å². The molecular weight excluding hydrogens is 349 g/mol. The summed E-state index contributed by atoms with van der Waals surface area (Å²) in [4.78, 5) is 38.3. The van der Waals surface area contributed by atoms with E-state index >= 15 is 0 Å². The van der Waals surface area contributed by atoms with E-state index in [1.807, 2.05) is 6.07 Å². The van der Waals surface area contributed by atoms with E-state index in [0.717, 1.165) is 23.0 Å². The fourth-order valence-electron chi connectivity index (χ4n) is 3.48. The van der Waals surface area contributed by atoms with E-state index in [0.29, 0.717) is 13.0 Å². The lowest BCUT2D eigenvalue weighted by molar-refractivity contribution is -0.126. The van der Waals surface area contributed by atoms with Gasteiger partial charge in [-0.05, 0) is 43.0 Å². The fourth-order valence-corrected chi connectivity index (χ4v) is 3.48. The number of hydrogen-bond donors (Lipinski definition) is 0. The third-order valence-electron chi connectivity index (χ3n) is 4.90. The van der Waals surface area contributed by atoms with Crippen molar-refractivity contribution in [3.8, 4) is 0 Å². The summed E-state index contributed by atoms with van der Waals surface area (Å²) in [7, 11) is 2.95. The minimum absolute atomic E-state index is 0.00640. The van der Waals surface area contributed by atoms with Gasteiger partial charge in [0.05, 0.1) is 5.56 Å². The van der Waals surface area contributed by atoms with Crippen molar-refractivity contribution in [2.45, 2.75) is 25.3 Å². The van der Waals surface area contributed by atoms with Gasteiger partial charge in [-0.25, -0.2) is 9.18 Å². The number of rotatable bonds is 4. The van der Waals surface area contributed by atoms with Crippen LogP contribution in [0.5, 0.6) is 0 Å². The molecule has 7 heteroatoms. The van der Waals surface area contributed by atoms with Gasteiger partial charge < -0.3 is 9.47 Å². The Kier molecular flexibility index (Phi) is 5.39. The van der Waals surface area contributed by atoms with Gasteiger partial charge in [0.2, 0.25) is 5.91 Å². The van der Waals surface area contributed by atoms with Crippen LogP contribution in [-0.4, -0.2) is 32.5 Å². The molecule has 2 aromatic rings. The molecule has 1 unspecified atom stereocenters. The van der Waals surface area contributed by atoms with Gasteiger partial charge >= 0.3 is 5.69 Å². The second-order valence-corrected chi connectivity index (χ2v) is 6.84. The molecule has 1 aliphatic heterocycles. The van der Waals surface area contributed by atoms with Crippen molar-refractivity contribution in [3.05, 3.63) is 74.3 Å². The van der Waals surface area contributed by atoms with E-state index in [-0.39, 0.29) is 23.3 Å². The molecule has 1 atom stereocenters.